The summed E-state index contributed by atoms with van der Waals surface area (Å²) in [4.78, 5) is 0. The fourth-order valence-electron chi connectivity index (χ4n) is 0.744. The van der Waals surface area contributed by atoms with Gasteiger partial charge >= 0.3 is 0 Å². The van der Waals surface area contributed by atoms with E-state index in [1.165, 1.54) is 5.56 Å². The second-order valence-electron chi connectivity index (χ2n) is 2.03. The van der Waals surface area contributed by atoms with Gasteiger partial charge in [0.25, 0.3) is 0 Å². The first kappa shape index (κ1) is 10.8. The van der Waals surface area contributed by atoms with E-state index in [4.69, 9.17) is 0 Å². The number of hydrogen-bond acceptors (Lipinski definition) is 1. The van der Waals surface area contributed by atoms with Crippen molar-refractivity contribution < 1.29 is 0 Å². The monoisotopic (exact) mass is 163 g/mol. The molecule has 0 aliphatic carbocycles. The lowest BCUT2D eigenvalue weighted by molar-refractivity contribution is 1.11. The highest BCUT2D eigenvalue weighted by atomic mass is 14.8. The molecular formula is C11H17N. The molecule has 1 heteroatoms. The maximum Gasteiger partial charge on any atom is 0.00277 e. The third-order valence-corrected chi connectivity index (χ3v) is 1.24. The molecule has 0 aromatic heterocycles. The van der Waals surface area contributed by atoms with Crippen LogP contribution in [0.3, 0.4) is 0 Å². The SMILES string of the molecule is CC.CN/C=C\c1ccccc1. The van der Waals surface area contributed by atoms with Crippen LogP contribution in [0.5, 0.6) is 0 Å². The molecule has 1 aromatic rings. The third kappa shape index (κ3) is 4.56. The predicted molar refractivity (Wildman–Crippen MR) is 55.9 cm³/mol. The van der Waals surface area contributed by atoms with Gasteiger partial charge in [-0.2, -0.15) is 0 Å². The van der Waals surface area contributed by atoms with Gasteiger partial charge in [-0.15, -0.1) is 0 Å². The van der Waals surface area contributed by atoms with E-state index in [1.807, 2.05) is 51.4 Å². The van der Waals surface area contributed by atoms with Gasteiger partial charge in [0.1, 0.15) is 0 Å². The van der Waals surface area contributed by atoms with Crippen molar-refractivity contribution in [2.45, 2.75) is 13.8 Å². The zero-order chi connectivity index (χ0) is 9.23. The molecule has 66 valence electrons. The summed E-state index contributed by atoms with van der Waals surface area (Å²) in [5, 5.41) is 2.94. The summed E-state index contributed by atoms with van der Waals surface area (Å²) >= 11 is 0. The Kier molecular flexibility index (Phi) is 7.05. The molecule has 1 nitrogen and oxygen atoms in total. The van der Waals surface area contributed by atoms with E-state index in [2.05, 4.69) is 17.4 Å². The Bertz CT molecular complexity index is 202. The summed E-state index contributed by atoms with van der Waals surface area (Å²) < 4.78 is 0. The molecule has 0 amide bonds. The van der Waals surface area contributed by atoms with Crippen LogP contribution in [0.25, 0.3) is 6.08 Å². The van der Waals surface area contributed by atoms with Crippen molar-refractivity contribution in [1.82, 2.24) is 5.32 Å². The lowest BCUT2D eigenvalue weighted by atomic mass is 10.2. The van der Waals surface area contributed by atoms with Crippen LogP contribution in [0.4, 0.5) is 0 Å². The highest BCUT2D eigenvalue weighted by molar-refractivity contribution is 5.48. The summed E-state index contributed by atoms with van der Waals surface area (Å²) in [6.07, 6.45) is 3.94. The normalized spacial score (nSPS) is 8.92. The van der Waals surface area contributed by atoms with Gasteiger partial charge in [0, 0.05) is 7.05 Å². The zero-order valence-corrected chi connectivity index (χ0v) is 8.04. The summed E-state index contributed by atoms with van der Waals surface area (Å²) in [5.41, 5.74) is 1.22. The molecule has 1 aromatic carbocycles. The highest BCUT2D eigenvalue weighted by Gasteiger charge is 1.78. The minimum atomic E-state index is 1.22. The number of hydrogen-bond donors (Lipinski definition) is 1. The van der Waals surface area contributed by atoms with Crippen molar-refractivity contribution in [3.05, 3.63) is 42.1 Å². The Hall–Kier alpha value is -1.24. The molecule has 0 fully saturated rings. The lowest BCUT2D eigenvalue weighted by Crippen LogP contribution is -1.90. The first-order valence-electron chi connectivity index (χ1n) is 4.32. The summed E-state index contributed by atoms with van der Waals surface area (Å²) in [6.45, 7) is 4.00. The molecule has 0 aliphatic heterocycles. The van der Waals surface area contributed by atoms with E-state index in [1.54, 1.807) is 0 Å². The molecule has 0 unspecified atom stereocenters. The van der Waals surface area contributed by atoms with Crippen molar-refractivity contribution in [3.8, 4) is 0 Å². The maximum atomic E-state index is 2.94. The molecule has 0 saturated carbocycles. The fourth-order valence-corrected chi connectivity index (χ4v) is 0.744. The second-order valence-corrected chi connectivity index (χ2v) is 2.03. The van der Waals surface area contributed by atoms with Crippen LogP contribution in [0.15, 0.2) is 36.5 Å². The zero-order valence-electron chi connectivity index (χ0n) is 8.04. The van der Waals surface area contributed by atoms with Crippen LogP contribution in [0.2, 0.25) is 0 Å². The van der Waals surface area contributed by atoms with Crippen molar-refractivity contribution in [2.24, 2.45) is 0 Å². The van der Waals surface area contributed by atoms with E-state index in [-0.39, 0.29) is 0 Å². The summed E-state index contributed by atoms with van der Waals surface area (Å²) in [6, 6.07) is 10.2. The van der Waals surface area contributed by atoms with Gasteiger partial charge in [-0.05, 0) is 17.8 Å². The van der Waals surface area contributed by atoms with Crippen molar-refractivity contribution >= 4 is 6.08 Å². The Morgan fingerprint density at radius 2 is 1.67 bits per heavy atom. The van der Waals surface area contributed by atoms with Crippen LogP contribution >= 0.6 is 0 Å². The summed E-state index contributed by atoms with van der Waals surface area (Å²) in [5.74, 6) is 0. The van der Waals surface area contributed by atoms with Gasteiger partial charge in [-0.3, -0.25) is 0 Å². The van der Waals surface area contributed by atoms with E-state index >= 15 is 0 Å². The van der Waals surface area contributed by atoms with Gasteiger partial charge < -0.3 is 5.32 Å². The second kappa shape index (κ2) is 7.86. The van der Waals surface area contributed by atoms with Gasteiger partial charge in [-0.1, -0.05) is 44.2 Å². The Morgan fingerprint density at radius 1 is 1.08 bits per heavy atom. The standard InChI is InChI=1S/C9H11N.C2H6/c1-10-8-7-9-5-3-2-4-6-9;1-2/h2-8,10H,1H3;1-2H3/b8-7-;. The first-order chi connectivity index (χ1) is 5.93. The average molecular weight is 163 g/mol. The lowest BCUT2D eigenvalue weighted by Gasteiger charge is -1.89. The minimum absolute atomic E-state index is 1.22. The molecule has 1 rings (SSSR count). The van der Waals surface area contributed by atoms with Gasteiger partial charge in [0.2, 0.25) is 0 Å². The molecule has 0 saturated heterocycles. The van der Waals surface area contributed by atoms with Crippen LogP contribution in [0.1, 0.15) is 19.4 Å². The van der Waals surface area contributed by atoms with Crippen molar-refractivity contribution in [2.75, 3.05) is 7.05 Å². The quantitative estimate of drug-likeness (QED) is 0.707. The van der Waals surface area contributed by atoms with Crippen molar-refractivity contribution in [1.29, 1.82) is 0 Å². The molecule has 0 spiro atoms. The van der Waals surface area contributed by atoms with Gasteiger partial charge in [0.15, 0.2) is 0 Å². The van der Waals surface area contributed by atoms with Gasteiger partial charge in [0.05, 0.1) is 0 Å². The molecule has 0 heterocycles. The van der Waals surface area contributed by atoms with Crippen LogP contribution in [0, 0.1) is 0 Å². The topological polar surface area (TPSA) is 12.0 Å². The van der Waals surface area contributed by atoms with Crippen LogP contribution in [-0.4, -0.2) is 7.05 Å². The van der Waals surface area contributed by atoms with E-state index in [9.17, 15) is 0 Å². The van der Waals surface area contributed by atoms with E-state index in [0.29, 0.717) is 0 Å². The highest BCUT2D eigenvalue weighted by Crippen LogP contribution is 1.98. The molecule has 12 heavy (non-hydrogen) atoms. The number of benzene rings is 1. The number of rotatable bonds is 2. The van der Waals surface area contributed by atoms with Crippen molar-refractivity contribution in [3.63, 3.8) is 0 Å². The fraction of sp³-hybridized carbons (Fsp3) is 0.273. The molecular weight excluding hydrogens is 146 g/mol. The first-order valence-corrected chi connectivity index (χ1v) is 4.32. The van der Waals surface area contributed by atoms with Crippen LogP contribution in [-0.2, 0) is 0 Å². The summed E-state index contributed by atoms with van der Waals surface area (Å²) in [7, 11) is 1.89. The number of nitrogens with one attached hydrogen (secondary N) is 1. The van der Waals surface area contributed by atoms with E-state index < -0.39 is 0 Å². The smallest absolute Gasteiger partial charge is 0.00277 e. The van der Waals surface area contributed by atoms with Crippen LogP contribution < -0.4 is 5.32 Å². The average Bonchev–Trinajstić information content (AvgIpc) is 2.19. The molecule has 0 radical (unpaired) electrons. The Balaban J connectivity index is 0.000000561. The van der Waals surface area contributed by atoms with Gasteiger partial charge in [-0.25, -0.2) is 0 Å². The molecule has 0 atom stereocenters. The predicted octanol–water partition coefficient (Wildman–Crippen LogP) is 2.90. The maximum absolute atomic E-state index is 2.94. The largest absolute Gasteiger partial charge is 0.394 e. The molecule has 0 bridgehead atoms. The van der Waals surface area contributed by atoms with E-state index in [0.717, 1.165) is 0 Å². The Labute approximate surface area is 75.1 Å². The third-order valence-electron chi connectivity index (χ3n) is 1.24. The molecule has 0 aliphatic rings. The molecule has 1 N–H and O–H groups in total. The Morgan fingerprint density at radius 3 is 2.17 bits per heavy atom. The minimum Gasteiger partial charge on any atom is -0.394 e.